The molecule has 7 nitrogen and oxygen atoms in total. The van der Waals surface area contributed by atoms with Crippen LogP contribution in [0, 0.1) is 6.92 Å². The predicted octanol–water partition coefficient (Wildman–Crippen LogP) is 2.88. The topological polar surface area (TPSA) is 83.0 Å². The fourth-order valence-corrected chi connectivity index (χ4v) is 4.48. The molecule has 1 aliphatic heterocycles. The summed E-state index contributed by atoms with van der Waals surface area (Å²) >= 11 is 0. The molecule has 1 fully saturated rings. The highest BCUT2D eigenvalue weighted by molar-refractivity contribution is 14.0. The number of benzene rings is 1. The Morgan fingerprint density at radius 1 is 1.31 bits per heavy atom. The first kappa shape index (κ1) is 26.0. The molecule has 1 aromatic rings. The Morgan fingerprint density at radius 2 is 2.07 bits per heavy atom. The second-order valence-corrected chi connectivity index (χ2v) is 9.23. The minimum atomic E-state index is -3.06. The number of nitrogens with one attached hydrogen (secondary N) is 2. The molecule has 0 bridgehead atoms. The van der Waals surface area contributed by atoms with Gasteiger partial charge < -0.3 is 15.4 Å². The van der Waals surface area contributed by atoms with Gasteiger partial charge in [-0.2, -0.15) is 0 Å². The van der Waals surface area contributed by atoms with E-state index >= 15 is 0 Å². The molecule has 29 heavy (non-hydrogen) atoms. The average Bonchev–Trinajstić information content (AvgIpc) is 2.99. The van der Waals surface area contributed by atoms with Crippen molar-refractivity contribution in [3.05, 3.63) is 29.3 Å². The van der Waals surface area contributed by atoms with Gasteiger partial charge >= 0.3 is 0 Å². The Bertz CT molecular complexity index is 771. The number of guanidine groups is 1. The van der Waals surface area contributed by atoms with Crippen LogP contribution in [0.2, 0.25) is 0 Å². The molecule has 2 N–H and O–H groups in total. The van der Waals surface area contributed by atoms with E-state index in [9.17, 15) is 8.42 Å². The van der Waals surface area contributed by atoms with E-state index in [2.05, 4.69) is 54.6 Å². The van der Waals surface area contributed by atoms with Gasteiger partial charge in [-0.25, -0.2) is 17.7 Å². The minimum Gasteiger partial charge on any atom is -0.490 e. The number of hydrogen-bond acceptors (Lipinski definition) is 4. The summed E-state index contributed by atoms with van der Waals surface area (Å²) in [5, 5.41) is 6.44. The Labute approximate surface area is 192 Å². The van der Waals surface area contributed by atoms with Gasteiger partial charge in [-0.3, -0.25) is 0 Å². The lowest BCUT2D eigenvalue weighted by molar-refractivity contribution is 0.215. The van der Waals surface area contributed by atoms with Crippen LogP contribution in [-0.2, 0) is 16.6 Å². The van der Waals surface area contributed by atoms with Crippen molar-refractivity contribution in [2.75, 3.05) is 31.9 Å². The van der Waals surface area contributed by atoms with Crippen molar-refractivity contribution < 1.29 is 13.2 Å². The van der Waals surface area contributed by atoms with Crippen LogP contribution in [0.25, 0.3) is 0 Å². The van der Waals surface area contributed by atoms with E-state index < -0.39 is 10.0 Å². The maximum absolute atomic E-state index is 11.9. The Balaban J connectivity index is 0.00000420. The van der Waals surface area contributed by atoms with Crippen molar-refractivity contribution in [2.24, 2.45) is 4.99 Å². The Morgan fingerprint density at radius 3 is 2.69 bits per heavy atom. The van der Waals surface area contributed by atoms with Crippen molar-refractivity contribution in [1.29, 1.82) is 0 Å². The zero-order valence-corrected chi connectivity index (χ0v) is 21.0. The van der Waals surface area contributed by atoms with Crippen LogP contribution >= 0.6 is 24.0 Å². The second-order valence-electron chi connectivity index (χ2n) is 7.14. The lowest BCUT2D eigenvalue weighted by atomic mass is 10.1. The van der Waals surface area contributed by atoms with Gasteiger partial charge in [0.2, 0.25) is 10.0 Å². The van der Waals surface area contributed by atoms with Gasteiger partial charge in [0.1, 0.15) is 5.75 Å². The van der Waals surface area contributed by atoms with Crippen LogP contribution in [0.5, 0.6) is 5.75 Å². The van der Waals surface area contributed by atoms with Gasteiger partial charge in [0.05, 0.1) is 18.4 Å². The molecule has 0 amide bonds. The molecule has 9 heteroatoms. The van der Waals surface area contributed by atoms with Gasteiger partial charge in [0.25, 0.3) is 0 Å². The van der Waals surface area contributed by atoms with Crippen molar-refractivity contribution in [3.8, 4) is 5.75 Å². The standard InChI is InChI=1S/C20H34N4O3S.HI/c1-5-17(4)27-19-14-16(3)8-9-18(19)15-23-20(21-6-2)22-10-12-24-11-7-13-28(24,25)26;/h8-9,14,17H,5-7,10-13,15H2,1-4H3,(H2,21,22,23);1H. The van der Waals surface area contributed by atoms with Crippen LogP contribution in [-0.4, -0.2) is 56.7 Å². The van der Waals surface area contributed by atoms with E-state index in [1.54, 1.807) is 4.31 Å². The highest BCUT2D eigenvalue weighted by atomic mass is 127. The van der Waals surface area contributed by atoms with Gasteiger partial charge in [-0.15, -0.1) is 24.0 Å². The zero-order valence-electron chi connectivity index (χ0n) is 17.9. The predicted molar refractivity (Wildman–Crippen MR) is 130 cm³/mol. The van der Waals surface area contributed by atoms with E-state index in [-0.39, 0.29) is 35.8 Å². The van der Waals surface area contributed by atoms with Crippen molar-refractivity contribution in [1.82, 2.24) is 14.9 Å². The maximum Gasteiger partial charge on any atom is 0.214 e. The molecule has 1 atom stereocenters. The fourth-order valence-electron chi connectivity index (χ4n) is 2.95. The third-order valence-electron chi connectivity index (χ3n) is 4.73. The number of sulfonamides is 1. The molecule has 1 heterocycles. The molecule has 1 aromatic carbocycles. The number of rotatable bonds is 9. The summed E-state index contributed by atoms with van der Waals surface area (Å²) in [6.45, 7) is 11.0. The monoisotopic (exact) mass is 538 g/mol. The Hall–Kier alpha value is -1.07. The molecule has 1 unspecified atom stereocenters. The second kappa shape index (κ2) is 12.6. The summed E-state index contributed by atoms with van der Waals surface area (Å²) in [6, 6.07) is 6.17. The molecule has 166 valence electrons. The zero-order chi connectivity index (χ0) is 20.6. The number of aliphatic imine (C=N–C) groups is 1. The van der Waals surface area contributed by atoms with E-state index in [0.717, 1.165) is 29.8 Å². The molecule has 0 aliphatic carbocycles. The van der Waals surface area contributed by atoms with Gasteiger partial charge in [-0.1, -0.05) is 19.1 Å². The molecule has 0 saturated carbocycles. The first-order valence-electron chi connectivity index (χ1n) is 10.1. The smallest absolute Gasteiger partial charge is 0.214 e. The molecule has 0 radical (unpaired) electrons. The summed E-state index contributed by atoms with van der Waals surface area (Å²) < 4.78 is 31.4. The summed E-state index contributed by atoms with van der Waals surface area (Å²) in [6.07, 6.45) is 1.81. The van der Waals surface area contributed by atoms with Gasteiger partial charge in [0.15, 0.2) is 5.96 Å². The molecule has 0 aromatic heterocycles. The van der Waals surface area contributed by atoms with E-state index in [0.29, 0.717) is 38.6 Å². The lowest BCUT2D eigenvalue weighted by Gasteiger charge is -2.18. The number of ether oxygens (including phenoxy) is 1. The molecular weight excluding hydrogens is 503 g/mol. The van der Waals surface area contributed by atoms with E-state index in [1.165, 1.54) is 0 Å². The number of aryl methyl sites for hydroxylation is 1. The molecule has 1 saturated heterocycles. The van der Waals surface area contributed by atoms with Crippen molar-refractivity contribution in [2.45, 2.75) is 53.2 Å². The highest BCUT2D eigenvalue weighted by Gasteiger charge is 2.27. The first-order chi connectivity index (χ1) is 13.4. The van der Waals surface area contributed by atoms with Crippen LogP contribution in [0.3, 0.4) is 0 Å². The Kier molecular flexibility index (Phi) is 11.3. The normalized spacial score (nSPS) is 17.4. The minimum absolute atomic E-state index is 0. The number of hydrogen-bond donors (Lipinski definition) is 2. The first-order valence-corrected chi connectivity index (χ1v) is 11.7. The third-order valence-corrected chi connectivity index (χ3v) is 6.69. The van der Waals surface area contributed by atoms with Crippen LogP contribution < -0.4 is 15.4 Å². The molecule has 1 aliphatic rings. The van der Waals surface area contributed by atoms with E-state index in [4.69, 9.17) is 4.74 Å². The largest absolute Gasteiger partial charge is 0.490 e. The summed E-state index contributed by atoms with van der Waals surface area (Å²) in [5.41, 5.74) is 2.19. The van der Waals surface area contributed by atoms with Crippen LogP contribution in [0.4, 0.5) is 0 Å². The SMILES string of the molecule is CCNC(=NCc1ccc(C)cc1OC(C)CC)NCCN1CCCS1(=O)=O.I. The molecule has 2 rings (SSSR count). The van der Waals surface area contributed by atoms with Gasteiger partial charge in [-0.05, 0) is 45.2 Å². The molecule has 0 spiro atoms. The third kappa shape index (κ3) is 8.29. The van der Waals surface area contributed by atoms with E-state index in [1.807, 2.05) is 6.92 Å². The number of halogens is 1. The highest BCUT2D eigenvalue weighted by Crippen LogP contribution is 2.23. The quantitative estimate of drug-likeness (QED) is 0.287. The van der Waals surface area contributed by atoms with Crippen LogP contribution in [0.1, 0.15) is 44.7 Å². The fraction of sp³-hybridized carbons (Fsp3) is 0.650. The lowest BCUT2D eigenvalue weighted by Crippen LogP contribution is -2.42. The van der Waals surface area contributed by atoms with Crippen LogP contribution in [0.15, 0.2) is 23.2 Å². The van der Waals surface area contributed by atoms with Crippen molar-refractivity contribution >= 4 is 40.0 Å². The summed E-state index contributed by atoms with van der Waals surface area (Å²) in [5.74, 6) is 1.80. The molecular formula is C20H35IN4O3S. The number of nitrogens with zero attached hydrogens (tertiary/aromatic N) is 2. The van der Waals surface area contributed by atoms with Gasteiger partial charge in [0, 0.05) is 31.7 Å². The van der Waals surface area contributed by atoms with Crippen molar-refractivity contribution in [3.63, 3.8) is 0 Å². The summed E-state index contributed by atoms with van der Waals surface area (Å²) in [4.78, 5) is 4.65. The maximum atomic E-state index is 11.9. The average molecular weight is 538 g/mol. The summed E-state index contributed by atoms with van der Waals surface area (Å²) in [7, 11) is -3.06.